The third-order valence-corrected chi connectivity index (χ3v) is 6.17. The average molecular weight is 482 g/mol. The fourth-order valence-electron chi connectivity index (χ4n) is 4.09. The first-order valence-electron chi connectivity index (χ1n) is 11.3. The van der Waals surface area contributed by atoms with E-state index in [0.717, 1.165) is 59.4 Å². The molecule has 7 nitrogen and oxygen atoms in total. The smallest absolute Gasteiger partial charge is 0.268 e. The van der Waals surface area contributed by atoms with Crippen LogP contribution in [0, 0.1) is 6.92 Å². The zero-order valence-electron chi connectivity index (χ0n) is 20.1. The Balaban J connectivity index is 1.32. The number of fused-ring (bicyclic) bond motifs is 2. The lowest BCUT2D eigenvalue weighted by atomic mass is 10.1. The Hall–Kier alpha value is -3.29. The van der Waals surface area contributed by atoms with Crippen LogP contribution < -0.4 is 29.8 Å². The van der Waals surface area contributed by atoms with E-state index in [1.807, 2.05) is 36.7 Å². The number of benzene rings is 2. The average Bonchev–Trinajstić information content (AvgIpc) is 2.83. The Morgan fingerprint density at radius 3 is 1.88 bits per heavy atom. The summed E-state index contributed by atoms with van der Waals surface area (Å²) < 4.78 is 3.51. The van der Waals surface area contributed by atoms with Gasteiger partial charge >= 0.3 is 0 Å². The predicted molar refractivity (Wildman–Crippen MR) is 138 cm³/mol. The van der Waals surface area contributed by atoms with Crippen molar-refractivity contribution in [3.8, 4) is 0 Å². The van der Waals surface area contributed by atoms with Gasteiger partial charge in [-0.1, -0.05) is 17.7 Å². The topological polar surface area (TPSA) is 53.5 Å². The van der Waals surface area contributed by atoms with E-state index in [1.165, 1.54) is 5.56 Å². The highest BCUT2D eigenvalue weighted by atomic mass is 35.5. The molecule has 2 aromatic carbocycles. The Morgan fingerprint density at radius 2 is 1.32 bits per heavy atom. The summed E-state index contributed by atoms with van der Waals surface area (Å²) in [5, 5.41) is 10.0. The number of nitrogens with one attached hydrogen (secondary N) is 2. The number of hydrogen-bond donors (Lipinski definition) is 2. The molecule has 2 aromatic heterocycles. The lowest BCUT2D eigenvalue weighted by Gasteiger charge is -2.18. The Morgan fingerprint density at radius 1 is 0.794 bits per heavy atom. The van der Waals surface area contributed by atoms with E-state index in [1.54, 1.807) is 23.7 Å². The van der Waals surface area contributed by atoms with E-state index in [9.17, 15) is 0 Å². The molecule has 0 atom stereocenters. The highest BCUT2D eigenvalue weighted by Crippen LogP contribution is 2.23. The molecule has 0 radical (unpaired) electrons. The highest BCUT2D eigenvalue weighted by Gasteiger charge is 2.15. The molecule has 34 heavy (non-hydrogen) atoms. The third kappa shape index (κ3) is 5.26. The van der Waals surface area contributed by atoms with Crippen LogP contribution in [0.4, 0.5) is 11.4 Å². The zero-order chi connectivity index (χ0) is 24.1. The minimum atomic E-state index is 0.682. The minimum absolute atomic E-state index is 0.682. The minimum Gasteiger partial charge on any atom is -0.383 e. The van der Waals surface area contributed by atoms with Gasteiger partial charge in [0.05, 0.1) is 22.1 Å². The van der Waals surface area contributed by atoms with Crippen LogP contribution in [0.1, 0.15) is 5.56 Å². The fourth-order valence-corrected chi connectivity index (χ4v) is 4.26. The maximum atomic E-state index is 6.18. The summed E-state index contributed by atoms with van der Waals surface area (Å²) in [4.78, 5) is 13.2. The molecular formula is C26H32ClN5O2+2. The molecule has 8 heteroatoms. The number of hydrogen-bond acceptors (Lipinski definition) is 5. The summed E-state index contributed by atoms with van der Waals surface area (Å²) in [6.07, 6.45) is 3.84. The Labute approximate surface area is 205 Å². The second kappa shape index (κ2) is 10.8. The molecule has 0 aliphatic rings. The molecule has 0 saturated carbocycles. The zero-order valence-corrected chi connectivity index (χ0v) is 20.9. The number of pyridine rings is 2. The van der Waals surface area contributed by atoms with Gasteiger partial charge in [0.15, 0.2) is 0 Å². The van der Waals surface area contributed by atoms with Crippen molar-refractivity contribution < 1.29 is 19.1 Å². The van der Waals surface area contributed by atoms with Crippen LogP contribution in [0.25, 0.3) is 21.8 Å². The van der Waals surface area contributed by atoms with E-state index in [2.05, 4.69) is 53.8 Å². The molecule has 0 aliphatic carbocycles. The van der Waals surface area contributed by atoms with Crippen molar-refractivity contribution in [2.75, 3.05) is 58.1 Å². The predicted octanol–water partition coefficient (Wildman–Crippen LogP) is 3.10. The largest absolute Gasteiger partial charge is 0.383 e. The molecule has 178 valence electrons. The van der Waals surface area contributed by atoms with E-state index < -0.39 is 0 Å². The van der Waals surface area contributed by atoms with Gasteiger partial charge in [0.1, 0.15) is 14.2 Å². The maximum absolute atomic E-state index is 6.18. The van der Waals surface area contributed by atoms with Crippen molar-refractivity contribution in [2.24, 2.45) is 0 Å². The van der Waals surface area contributed by atoms with Gasteiger partial charge in [-0.3, -0.25) is 9.68 Å². The van der Waals surface area contributed by atoms with Gasteiger partial charge in [0, 0.05) is 64.9 Å². The van der Waals surface area contributed by atoms with Crippen LogP contribution in [0.2, 0.25) is 5.02 Å². The van der Waals surface area contributed by atoms with Crippen molar-refractivity contribution in [1.29, 1.82) is 0 Å². The normalized spacial score (nSPS) is 11.2. The first-order chi connectivity index (χ1) is 16.5. The Kier molecular flexibility index (Phi) is 7.55. The number of aryl methyl sites for hydroxylation is 1. The molecule has 0 amide bonds. The molecule has 0 fully saturated rings. The van der Waals surface area contributed by atoms with E-state index in [0.29, 0.717) is 5.02 Å². The van der Waals surface area contributed by atoms with Gasteiger partial charge in [0.2, 0.25) is 12.4 Å². The van der Waals surface area contributed by atoms with Gasteiger partial charge in [0.25, 0.3) is 11.0 Å². The lowest BCUT2D eigenvalue weighted by molar-refractivity contribution is -0.865. The van der Waals surface area contributed by atoms with Crippen LogP contribution in [0.3, 0.4) is 0 Å². The van der Waals surface area contributed by atoms with Crippen LogP contribution in [0.15, 0.2) is 60.9 Å². The van der Waals surface area contributed by atoms with Crippen LogP contribution in [0.5, 0.6) is 0 Å². The molecule has 0 bridgehead atoms. The van der Waals surface area contributed by atoms with E-state index >= 15 is 0 Å². The molecule has 2 N–H and O–H groups in total. The summed E-state index contributed by atoms with van der Waals surface area (Å²) in [5.74, 6) is 0. The molecule has 4 rings (SSSR count). The van der Waals surface area contributed by atoms with Crippen molar-refractivity contribution in [3.63, 3.8) is 0 Å². The van der Waals surface area contributed by atoms with Gasteiger partial charge < -0.3 is 15.5 Å². The quantitative estimate of drug-likeness (QED) is 0.341. The fraction of sp³-hybridized carbons (Fsp3) is 0.308. The number of rotatable bonds is 10. The number of halogens is 1. The standard InChI is InChI=1S/C26H30ClN5O2/c1-19-5-7-21-23(9-13-31(33-3)25(21)17-19)28-11-15-30(2)16-12-29-24-10-14-32(34-4)26-18-20(27)6-8-22(24)26/h5-10,13-14,17-18H,11-12,15-16H2,1-4H3/p+2. The van der Waals surface area contributed by atoms with Crippen molar-refractivity contribution in [2.45, 2.75) is 6.92 Å². The summed E-state index contributed by atoms with van der Waals surface area (Å²) in [6.45, 7) is 5.59. The molecule has 0 aliphatic heterocycles. The molecule has 4 aromatic rings. The van der Waals surface area contributed by atoms with E-state index in [-0.39, 0.29) is 0 Å². The summed E-state index contributed by atoms with van der Waals surface area (Å²) in [5.41, 5.74) is 5.35. The maximum Gasteiger partial charge on any atom is 0.268 e. The molecule has 2 heterocycles. The van der Waals surface area contributed by atoms with Crippen molar-refractivity contribution >= 4 is 44.8 Å². The number of nitrogens with zero attached hydrogens (tertiary/aromatic N) is 3. The Bertz CT molecular complexity index is 1200. The van der Waals surface area contributed by atoms with Gasteiger partial charge in [-0.2, -0.15) is 0 Å². The number of aromatic nitrogens is 2. The van der Waals surface area contributed by atoms with Crippen LogP contribution in [-0.4, -0.2) is 52.3 Å². The second-order valence-electron chi connectivity index (χ2n) is 8.31. The van der Waals surface area contributed by atoms with Crippen molar-refractivity contribution in [1.82, 2.24) is 4.90 Å². The SMILES string of the molecule is CO[n+]1ccc(NCCN(C)CCNc2cc[n+](OC)c3cc(Cl)ccc23)c2ccc(C)cc21. The van der Waals surface area contributed by atoms with Crippen LogP contribution in [-0.2, 0) is 0 Å². The van der Waals surface area contributed by atoms with Gasteiger partial charge in [-0.25, -0.2) is 0 Å². The number of likely N-dealkylation sites (N-methyl/N-ethyl adjacent to an activating group) is 1. The molecule has 0 spiro atoms. The second-order valence-corrected chi connectivity index (χ2v) is 8.75. The summed E-state index contributed by atoms with van der Waals surface area (Å²) >= 11 is 6.18. The van der Waals surface area contributed by atoms with Gasteiger partial charge in [-0.15, -0.1) is 0 Å². The van der Waals surface area contributed by atoms with Crippen LogP contribution >= 0.6 is 11.6 Å². The lowest BCUT2D eigenvalue weighted by Crippen LogP contribution is -2.41. The van der Waals surface area contributed by atoms with E-state index in [4.69, 9.17) is 21.3 Å². The van der Waals surface area contributed by atoms with Crippen molar-refractivity contribution in [3.05, 3.63) is 71.5 Å². The molecule has 0 unspecified atom stereocenters. The number of anilines is 2. The highest BCUT2D eigenvalue weighted by molar-refractivity contribution is 6.31. The summed E-state index contributed by atoms with van der Waals surface area (Å²) in [6, 6.07) is 16.3. The third-order valence-electron chi connectivity index (χ3n) is 5.93. The molecular weight excluding hydrogens is 450 g/mol. The van der Waals surface area contributed by atoms with Gasteiger partial charge in [-0.05, 0) is 37.7 Å². The first kappa shape index (κ1) is 23.9. The summed E-state index contributed by atoms with van der Waals surface area (Å²) in [7, 11) is 5.46. The first-order valence-corrected chi connectivity index (χ1v) is 11.7. The monoisotopic (exact) mass is 481 g/mol. The molecule has 0 saturated heterocycles.